The van der Waals surface area contributed by atoms with Gasteiger partial charge in [0, 0.05) is 12.6 Å². The van der Waals surface area contributed by atoms with E-state index < -0.39 is 0 Å². The van der Waals surface area contributed by atoms with Gasteiger partial charge in [-0.05, 0) is 31.6 Å². The Morgan fingerprint density at radius 2 is 2.47 bits per heavy atom. The summed E-state index contributed by atoms with van der Waals surface area (Å²) < 4.78 is 4.87. The second-order valence-corrected chi connectivity index (χ2v) is 4.35. The van der Waals surface area contributed by atoms with Crippen LogP contribution in [-0.2, 0) is 9.53 Å². The Bertz CT molecular complexity index is 262. The van der Waals surface area contributed by atoms with Gasteiger partial charge in [0.15, 0.2) is 0 Å². The molecule has 2 aliphatic rings. The molecule has 1 N–H and O–H groups in total. The molecule has 0 radical (unpaired) electrons. The molecular formula is C12H19NO2. The molecule has 1 fully saturated rings. The third-order valence-corrected chi connectivity index (χ3v) is 3.40. The van der Waals surface area contributed by atoms with Gasteiger partial charge in [-0.3, -0.25) is 4.79 Å². The SMILES string of the molecule is CCOC(=O)CCNC1CC2CC=CC21. The van der Waals surface area contributed by atoms with Crippen molar-refractivity contribution in [3.05, 3.63) is 12.2 Å². The number of carbonyl (C=O) groups is 1. The number of carbonyl (C=O) groups excluding carboxylic acids is 1. The summed E-state index contributed by atoms with van der Waals surface area (Å²) in [5.74, 6) is 1.51. The second kappa shape index (κ2) is 4.79. The van der Waals surface area contributed by atoms with Crippen molar-refractivity contribution >= 4 is 5.97 Å². The van der Waals surface area contributed by atoms with Crippen molar-refractivity contribution in [1.82, 2.24) is 5.32 Å². The number of hydrogen-bond acceptors (Lipinski definition) is 3. The lowest BCUT2D eigenvalue weighted by Crippen LogP contribution is -2.48. The van der Waals surface area contributed by atoms with Crippen LogP contribution in [0.3, 0.4) is 0 Å². The van der Waals surface area contributed by atoms with E-state index in [1.165, 1.54) is 12.8 Å². The van der Waals surface area contributed by atoms with Gasteiger partial charge < -0.3 is 10.1 Å². The van der Waals surface area contributed by atoms with Crippen molar-refractivity contribution in [3.63, 3.8) is 0 Å². The van der Waals surface area contributed by atoms with Gasteiger partial charge >= 0.3 is 5.97 Å². The van der Waals surface area contributed by atoms with E-state index in [1.54, 1.807) is 0 Å². The molecule has 3 heteroatoms. The fourth-order valence-electron chi connectivity index (χ4n) is 2.54. The van der Waals surface area contributed by atoms with Crippen molar-refractivity contribution in [1.29, 1.82) is 0 Å². The highest BCUT2D eigenvalue weighted by Crippen LogP contribution is 2.42. The number of allylic oxidation sites excluding steroid dienone is 1. The molecule has 0 amide bonds. The van der Waals surface area contributed by atoms with Crippen LogP contribution in [0.5, 0.6) is 0 Å². The van der Waals surface area contributed by atoms with E-state index in [0.717, 1.165) is 18.4 Å². The van der Waals surface area contributed by atoms with Crippen LogP contribution < -0.4 is 5.32 Å². The van der Waals surface area contributed by atoms with Crippen LogP contribution >= 0.6 is 0 Å². The standard InChI is InChI=1S/C12H19NO2/c1-2-15-12(14)6-7-13-11-8-9-4-3-5-10(9)11/h3,5,9-11,13H,2,4,6-8H2,1H3. The highest BCUT2D eigenvalue weighted by Gasteiger charge is 2.40. The van der Waals surface area contributed by atoms with Crippen LogP contribution in [0.15, 0.2) is 12.2 Å². The van der Waals surface area contributed by atoms with Crippen molar-refractivity contribution in [2.75, 3.05) is 13.2 Å². The highest BCUT2D eigenvalue weighted by molar-refractivity contribution is 5.69. The number of hydrogen-bond donors (Lipinski definition) is 1. The minimum atomic E-state index is -0.0946. The molecule has 0 aromatic carbocycles. The minimum Gasteiger partial charge on any atom is -0.466 e. The van der Waals surface area contributed by atoms with Gasteiger partial charge in [0.05, 0.1) is 13.0 Å². The molecule has 3 nitrogen and oxygen atoms in total. The summed E-state index contributed by atoms with van der Waals surface area (Å²) in [5, 5.41) is 3.43. The van der Waals surface area contributed by atoms with E-state index in [1.807, 2.05) is 6.92 Å². The Morgan fingerprint density at radius 1 is 1.60 bits per heavy atom. The Morgan fingerprint density at radius 3 is 3.20 bits per heavy atom. The normalized spacial score (nSPS) is 32.2. The average molecular weight is 209 g/mol. The van der Waals surface area contributed by atoms with E-state index in [0.29, 0.717) is 19.1 Å². The maximum Gasteiger partial charge on any atom is 0.307 e. The quantitative estimate of drug-likeness (QED) is 0.551. The van der Waals surface area contributed by atoms with Gasteiger partial charge in [0.2, 0.25) is 0 Å². The van der Waals surface area contributed by atoms with Gasteiger partial charge in [-0.25, -0.2) is 0 Å². The summed E-state index contributed by atoms with van der Waals surface area (Å²) in [6.07, 6.45) is 7.60. The Labute approximate surface area is 90.9 Å². The monoisotopic (exact) mass is 209 g/mol. The Balaban J connectivity index is 1.59. The largest absolute Gasteiger partial charge is 0.466 e. The van der Waals surface area contributed by atoms with Crippen LogP contribution in [0.1, 0.15) is 26.2 Å². The molecule has 2 aliphatic carbocycles. The lowest BCUT2D eigenvalue weighted by Gasteiger charge is -2.40. The number of fused-ring (bicyclic) bond motifs is 1. The topological polar surface area (TPSA) is 38.3 Å². The third kappa shape index (κ3) is 2.40. The first-order valence-electron chi connectivity index (χ1n) is 5.87. The first-order chi connectivity index (χ1) is 7.31. The molecule has 0 spiro atoms. The maximum atomic E-state index is 11.1. The second-order valence-electron chi connectivity index (χ2n) is 4.35. The summed E-state index contributed by atoms with van der Waals surface area (Å²) in [7, 11) is 0. The van der Waals surface area contributed by atoms with Gasteiger partial charge in [-0.15, -0.1) is 0 Å². The summed E-state index contributed by atoms with van der Waals surface area (Å²) in [6, 6.07) is 0.600. The van der Waals surface area contributed by atoms with E-state index in [9.17, 15) is 4.79 Å². The fraction of sp³-hybridized carbons (Fsp3) is 0.750. The van der Waals surface area contributed by atoms with E-state index in [-0.39, 0.29) is 5.97 Å². The number of nitrogens with one attached hydrogen (secondary N) is 1. The van der Waals surface area contributed by atoms with Crippen LogP contribution in [0.25, 0.3) is 0 Å². The Hall–Kier alpha value is -0.830. The molecule has 0 saturated heterocycles. The number of ether oxygens (including phenoxy) is 1. The number of rotatable bonds is 5. The molecule has 2 rings (SSSR count). The van der Waals surface area contributed by atoms with Gasteiger partial charge in [-0.2, -0.15) is 0 Å². The summed E-state index contributed by atoms with van der Waals surface area (Å²) >= 11 is 0. The van der Waals surface area contributed by atoms with Crippen LogP contribution in [0.4, 0.5) is 0 Å². The molecule has 3 atom stereocenters. The zero-order chi connectivity index (χ0) is 10.7. The summed E-state index contributed by atoms with van der Waals surface area (Å²) in [6.45, 7) is 3.07. The zero-order valence-corrected chi connectivity index (χ0v) is 9.24. The molecule has 84 valence electrons. The van der Waals surface area contributed by atoms with Crippen LogP contribution in [0, 0.1) is 11.8 Å². The molecule has 1 saturated carbocycles. The molecule has 0 aromatic heterocycles. The lowest BCUT2D eigenvalue weighted by molar-refractivity contribution is -0.143. The van der Waals surface area contributed by atoms with Crippen LogP contribution in [-0.4, -0.2) is 25.2 Å². The average Bonchev–Trinajstić information content (AvgIpc) is 2.55. The van der Waals surface area contributed by atoms with Gasteiger partial charge in [0.1, 0.15) is 0 Å². The van der Waals surface area contributed by atoms with E-state index in [2.05, 4.69) is 17.5 Å². The van der Waals surface area contributed by atoms with Crippen molar-refractivity contribution in [2.24, 2.45) is 11.8 Å². The van der Waals surface area contributed by atoms with E-state index >= 15 is 0 Å². The molecule has 0 aromatic rings. The Kier molecular flexibility index (Phi) is 3.41. The molecule has 0 bridgehead atoms. The van der Waals surface area contributed by atoms with Crippen molar-refractivity contribution < 1.29 is 9.53 Å². The smallest absolute Gasteiger partial charge is 0.307 e. The molecule has 0 aliphatic heterocycles. The molecule has 0 heterocycles. The first-order valence-corrected chi connectivity index (χ1v) is 5.87. The highest BCUT2D eigenvalue weighted by atomic mass is 16.5. The van der Waals surface area contributed by atoms with Crippen molar-refractivity contribution in [2.45, 2.75) is 32.2 Å². The molecule has 15 heavy (non-hydrogen) atoms. The van der Waals surface area contributed by atoms with E-state index in [4.69, 9.17) is 4.74 Å². The van der Waals surface area contributed by atoms with Crippen LogP contribution in [0.2, 0.25) is 0 Å². The van der Waals surface area contributed by atoms with Crippen molar-refractivity contribution in [3.8, 4) is 0 Å². The summed E-state index contributed by atoms with van der Waals surface area (Å²) in [4.78, 5) is 11.1. The fourth-order valence-corrected chi connectivity index (χ4v) is 2.54. The minimum absolute atomic E-state index is 0.0946. The third-order valence-electron chi connectivity index (χ3n) is 3.40. The number of esters is 1. The predicted octanol–water partition coefficient (Wildman–Crippen LogP) is 1.49. The predicted molar refractivity (Wildman–Crippen MR) is 58.4 cm³/mol. The zero-order valence-electron chi connectivity index (χ0n) is 9.24. The van der Waals surface area contributed by atoms with Gasteiger partial charge in [0.25, 0.3) is 0 Å². The maximum absolute atomic E-state index is 11.1. The van der Waals surface area contributed by atoms with Gasteiger partial charge in [-0.1, -0.05) is 12.2 Å². The molecular weight excluding hydrogens is 190 g/mol. The first kappa shape index (κ1) is 10.7. The molecule has 3 unspecified atom stereocenters. The lowest BCUT2D eigenvalue weighted by atomic mass is 9.71. The summed E-state index contributed by atoms with van der Waals surface area (Å²) in [5.41, 5.74) is 0.